The fourth-order valence-corrected chi connectivity index (χ4v) is 4.28. The van der Waals surface area contributed by atoms with Crippen LogP contribution in [-0.2, 0) is 6.42 Å². The molecular formula is C29H35N7O2. The predicted molar refractivity (Wildman–Crippen MR) is 151 cm³/mol. The standard InChI is InChI=1S/C29H35N7O2/c1-30-29(38)24-13-16-32-27-21(6-4-7-23(24)27)12-15-31-26-18-25(34-19-35-26)20-8-10-22(11-9-20)28(37)33-14-5-17-36(2)3/h4,6-11,13,16,18-19,29-30,38H,5,12,14-15,17H2,1-3H3,(H,33,37)(H,31,34,35). The number of pyridine rings is 1. The molecule has 0 aliphatic heterocycles. The number of carbonyl (C=O) groups is 1. The van der Waals surface area contributed by atoms with Gasteiger partial charge < -0.3 is 20.6 Å². The molecule has 0 spiro atoms. The van der Waals surface area contributed by atoms with Gasteiger partial charge in [0.05, 0.1) is 11.2 Å². The summed E-state index contributed by atoms with van der Waals surface area (Å²) in [7, 11) is 5.76. The van der Waals surface area contributed by atoms with Crippen LogP contribution in [0.4, 0.5) is 5.82 Å². The lowest BCUT2D eigenvalue weighted by molar-refractivity contribution is 0.0952. The second kappa shape index (κ2) is 13.0. The summed E-state index contributed by atoms with van der Waals surface area (Å²) in [5.74, 6) is 0.646. The van der Waals surface area contributed by atoms with E-state index in [9.17, 15) is 9.90 Å². The van der Waals surface area contributed by atoms with Crippen molar-refractivity contribution in [3.8, 4) is 11.3 Å². The van der Waals surface area contributed by atoms with E-state index < -0.39 is 6.23 Å². The Bertz CT molecular complexity index is 1360. The fraction of sp³-hybridized carbons (Fsp3) is 0.310. The minimum absolute atomic E-state index is 0.0733. The number of anilines is 1. The quantitative estimate of drug-likeness (QED) is 0.169. The molecule has 4 N–H and O–H groups in total. The Balaban J connectivity index is 1.37. The third-order valence-electron chi connectivity index (χ3n) is 6.33. The van der Waals surface area contributed by atoms with Crippen LogP contribution in [0.5, 0.6) is 0 Å². The lowest BCUT2D eigenvalue weighted by Gasteiger charge is -2.14. The average Bonchev–Trinajstić information content (AvgIpc) is 2.94. The van der Waals surface area contributed by atoms with E-state index in [2.05, 4.69) is 41.9 Å². The van der Waals surface area contributed by atoms with Crippen LogP contribution in [0, 0.1) is 0 Å². The summed E-state index contributed by atoms with van der Waals surface area (Å²) in [6.45, 7) is 2.24. The van der Waals surface area contributed by atoms with Crippen molar-refractivity contribution in [2.24, 2.45) is 0 Å². The highest BCUT2D eigenvalue weighted by molar-refractivity contribution is 5.94. The minimum Gasteiger partial charge on any atom is -0.374 e. The molecule has 0 fully saturated rings. The van der Waals surface area contributed by atoms with Gasteiger partial charge in [-0.15, -0.1) is 0 Å². The molecule has 4 aromatic rings. The zero-order chi connectivity index (χ0) is 26.9. The summed E-state index contributed by atoms with van der Waals surface area (Å²) >= 11 is 0. The lowest BCUT2D eigenvalue weighted by Crippen LogP contribution is -2.27. The molecule has 1 amide bonds. The zero-order valence-corrected chi connectivity index (χ0v) is 22.1. The largest absolute Gasteiger partial charge is 0.374 e. The molecule has 2 heterocycles. The second-order valence-electron chi connectivity index (χ2n) is 9.36. The van der Waals surface area contributed by atoms with Gasteiger partial charge in [0.25, 0.3) is 5.91 Å². The number of hydrogen-bond donors (Lipinski definition) is 4. The van der Waals surface area contributed by atoms with Crippen LogP contribution in [0.2, 0.25) is 0 Å². The van der Waals surface area contributed by atoms with Crippen LogP contribution in [-0.4, -0.2) is 71.6 Å². The van der Waals surface area contributed by atoms with E-state index in [4.69, 9.17) is 0 Å². The van der Waals surface area contributed by atoms with Gasteiger partial charge in [-0.3, -0.25) is 15.1 Å². The first-order valence-corrected chi connectivity index (χ1v) is 12.8. The molecule has 2 aromatic heterocycles. The first-order chi connectivity index (χ1) is 18.5. The molecule has 0 aliphatic rings. The number of aliphatic hydroxyl groups is 1. The van der Waals surface area contributed by atoms with Gasteiger partial charge in [0.15, 0.2) is 0 Å². The van der Waals surface area contributed by atoms with E-state index in [1.54, 1.807) is 13.2 Å². The number of hydrogen-bond acceptors (Lipinski definition) is 8. The van der Waals surface area contributed by atoms with Gasteiger partial charge in [-0.25, -0.2) is 9.97 Å². The Morgan fingerprint density at radius 2 is 1.84 bits per heavy atom. The molecule has 9 nitrogen and oxygen atoms in total. The van der Waals surface area contributed by atoms with Crippen LogP contribution in [0.3, 0.4) is 0 Å². The summed E-state index contributed by atoms with van der Waals surface area (Å²) in [5, 5.41) is 20.4. The maximum absolute atomic E-state index is 12.4. The first kappa shape index (κ1) is 27.1. The van der Waals surface area contributed by atoms with Crippen LogP contribution in [0.1, 0.15) is 34.1 Å². The molecule has 4 rings (SSSR count). The topological polar surface area (TPSA) is 115 Å². The maximum atomic E-state index is 12.4. The molecule has 0 bridgehead atoms. The van der Waals surface area contributed by atoms with Crippen LogP contribution in [0.15, 0.2) is 67.1 Å². The highest BCUT2D eigenvalue weighted by Crippen LogP contribution is 2.25. The molecule has 0 radical (unpaired) electrons. The van der Waals surface area contributed by atoms with Crippen LogP contribution in [0.25, 0.3) is 22.2 Å². The monoisotopic (exact) mass is 513 g/mol. The number of aliphatic hydroxyl groups excluding tert-OH is 1. The number of benzene rings is 2. The molecule has 0 aliphatic carbocycles. The molecule has 1 unspecified atom stereocenters. The SMILES string of the molecule is CNC(O)c1ccnc2c(CCNc3cc(-c4ccc(C(=O)NCCCN(C)C)cc4)ncn3)cccc12. The number of para-hydroxylation sites is 1. The Kier molecular flexibility index (Phi) is 9.31. The molecule has 9 heteroatoms. The van der Waals surface area contributed by atoms with Crippen molar-refractivity contribution >= 4 is 22.6 Å². The number of rotatable bonds is 12. The third kappa shape index (κ3) is 6.89. The van der Waals surface area contributed by atoms with E-state index in [1.807, 2.05) is 62.6 Å². The van der Waals surface area contributed by atoms with Crippen molar-refractivity contribution < 1.29 is 9.90 Å². The van der Waals surface area contributed by atoms with Gasteiger partial charge in [-0.2, -0.15) is 0 Å². The Labute approximate surface area is 223 Å². The number of aromatic nitrogens is 3. The highest BCUT2D eigenvalue weighted by atomic mass is 16.3. The number of fused-ring (bicyclic) bond motifs is 1. The van der Waals surface area contributed by atoms with E-state index in [0.29, 0.717) is 18.7 Å². The van der Waals surface area contributed by atoms with Crippen LogP contribution >= 0.6 is 0 Å². The minimum atomic E-state index is -0.746. The Morgan fingerprint density at radius 1 is 1.03 bits per heavy atom. The summed E-state index contributed by atoms with van der Waals surface area (Å²) in [6.07, 6.45) is 4.16. The summed E-state index contributed by atoms with van der Waals surface area (Å²) in [4.78, 5) is 27.8. The van der Waals surface area contributed by atoms with Crippen LogP contribution < -0.4 is 16.0 Å². The zero-order valence-electron chi connectivity index (χ0n) is 22.1. The van der Waals surface area contributed by atoms with E-state index in [0.717, 1.165) is 58.5 Å². The maximum Gasteiger partial charge on any atom is 0.251 e. The van der Waals surface area contributed by atoms with E-state index in [1.165, 1.54) is 6.33 Å². The third-order valence-corrected chi connectivity index (χ3v) is 6.33. The molecule has 0 saturated heterocycles. The molecule has 38 heavy (non-hydrogen) atoms. The molecule has 0 saturated carbocycles. The molecule has 2 aromatic carbocycles. The van der Waals surface area contributed by atoms with E-state index in [-0.39, 0.29) is 5.91 Å². The van der Waals surface area contributed by atoms with E-state index >= 15 is 0 Å². The molecule has 1 atom stereocenters. The first-order valence-electron chi connectivity index (χ1n) is 12.8. The summed E-state index contributed by atoms with van der Waals surface area (Å²) in [6, 6.07) is 17.2. The molecule has 198 valence electrons. The summed E-state index contributed by atoms with van der Waals surface area (Å²) in [5.41, 5.74) is 5.09. The normalized spacial score (nSPS) is 12.0. The number of nitrogens with one attached hydrogen (secondary N) is 3. The Hall–Kier alpha value is -3.92. The second-order valence-corrected chi connectivity index (χ2v) is 9.36. The highest BCUT2D eigenvalue weighted by Gasteiger charge is 2.12. The van der Waals surface area contributed by atoms with Gasteiger partial charge >= 0.3 is 0 Å². The predicted octanol–water partition coefficient (Wildman–Crippen LogP) is 3.24. The fourth-order valence-electron chi connectivity index (χ4n) is 4.28. The van der Waals surface area contributed by atoms with Gasteiger partial charge in [0.2, 0.25) is 0 Å². The Morgan fingerprint density at radius 3 is 2.61 bits per heavy atom. The van der Waals surface area contributed by atoms with Crippen molar-refractivity contribution in [3.05, 3.63) is 83.8 Å². The van der Waals surface area contributed by atoms with Crippen molar-refractivity contribution in [2.45, 2.75) is 19.1 Å². The average molecular weight is 514 g/mol. The van der Waals surface area contributed by atoms with Crippen molar-refractivity contribution in [2.75, 3.05) is 46.1 Å². The van der Waals surface area contributed by atoms with Gasteiger partial charge in [-0.05, 0) is 64.3 Å². The van der Waals surface area contributed by atoms with Gasteiger partial charge in [0.1, 0.15) is 18.4 Å². The number of amides is 1. The van der Waals surface area contributed by atoms with Gasteiger partial charge in [-0.1, -0.05) is 30.3 Å². The van der Waals surface area contributed by atoms with Gasteiger partial charge in [0, 0.05) is 47.4 Å². The lowest BCUT2D eigenvalue weighted by atomic mass is 10.0. The number of nitrogens with zero attached hydrogens (tertiary/aromatic N) is 4. The summed E-state index contributed by atoms with van der Waals surface area (Å²) < 4.78 is 0. The molecular weight excluding hydrogens is 478 g/mol. The smallest absolute Gasteiger partial charge is 0.251 e. The number of carbonyl (C=O) groups excluding carboxylic acids is 1. The van der Waals surface area contributed by atoms with Crippen molar-refractivity contribution in [3.63, 3.8) is 0 Å². The van der Waals surface area contributed by atoms with Crippen molar-refractivity contribution in [1.29, 1.82) is 0 Å². The van der Waals surface area contributed by atoms with Crippen molar-refractivity contribution in [1.82, 2.24) is 30.5 Å².